The molecule has 0 aliphatic carbocycles. The van der Waals surface area contributed by atoms with Crippen LogP contribution in [0.25, 0.3) is 0 Å². The Kier molecular flexibility index (Phi) is 3.49. The van der Waals surface area contributed by atoms with Gasteiger partial charge in [-0.1, -0.05) is 18.2 Å². The molecule has 1 amide bonds. The molecule has 0 bridgehead atoms. The van der Waals surface area contributed by atoms with Crippen molar-refractivity contribution in [1.82, 2.24) is 9.47 Å². The summed E-state index contributed by atoms with van der Waals surface area (Å²) in [6.07, 6.45) is 4.86. The monoisotopic (exact) mass is 309 g/mol. The first-order chi connectivity index (χ1) is 11.2. The number of piperidine rings is 1. The van der Waals surface area contributed by atoms with Crippen molar-refractivity contribution in [1.29, 1.82) is 0 Å². The molecule has 120 valence electrons. The molecule has 0 saturated carbocycles. The van der Waals surface area contributed by atoms with Gasteiger partial charge in [0.2, 0.25) is 5.91 Å². The SMILES string of the molecule is Cn1cccc1CN1CCC2(CC1)Cc1ccccc1NC2=O. The van der Waals surface area contributed by atoms with Crippen LogP contribution in [0.5, 0.6) is 0 Å². The smallest absolute Gasteiger partial charge is 0.231 e. The first kappa shape index (κ1) is 14.5. The summed E-state index contributed by atoms with van der Waals surface area (Å²) in [5, 5.41) is 3.13. The van der Waals surface area contributed by atoms with Crippen LogP contribution in [0.2, 0.25) is 0 Å². The van der Waals surface area contributed by atoms with E-state index in [1.54, 1.807) is 0 Å². The number of para-hydroxylation sites is 1. The maximum absolute atomic E-state index is 12.7. The van der Waals surface area contributed by atoms with Crippen molar-refractivity contribution >= 4 is 11.6 Å². The Morgan fingerprint density at radius 2 is 1.91 bits per heavy atom. The van der Waals surface area contributed by atoms with E-state index >= 15 is 0 Å². The van der Waals surface area contributed by atoms with Gasteiger partial charge in [0.25, 0.3) is 0 Å². The average Bonchev–Trinajstić information content (AvgIpc) is 2.96. The number of nitrogens with zero attached hydrogens (tertiary/aromatic N) is 2. The summed E-state index contributed by atoms with van der Waals surface area (Å²) in [6.45, 7) is 2.94. The number of fused-ring (bicyclic) bond motifs is 1. The minimum Gasteiger partial charge on any atom is -0.353 e. The lowest BCUT2D eigenvalue weighted by Crippen LogP contribution is -2.49. The van der Waals surface area contributed by atoms with Gasteiger partial charge < -0.3 is 9.88 Å². The Labute approximate surface area is 137 Å². The van der Waals surface area contributed by atoms with E-state index in [9.17, 15) is 4.79 Å². The highest BCUT2D eigenvalue weighted by atomic mass is 16.2. The predicted octanol–water partition coefficient (Wildman–Crippen LogP) is 2.80. The molecule has 2 aliphatic heterocycles. The van der Waals surface area contributed by atoms with Crippen LogP contribution >= 0.6 is 0 Å². The second-order valence-corrected chi connectivity index (χ2v) is 6.95. The first-order valence-electron chi connectivity index (χ1n) is 8.38. The Morgan fingerprint density at radius 3 is 2.65 bits per heavy atom. The molecule has 1 saturated heterocycles. The van der Waals surface area contributed by atoms with E-state index in [1.807, 2.05) is 12.1 Å². The first-order valence-corrected chi connectivity index (χ1v) is 8.38. The molecule has 23 heavy (non-hydrogen) atoms. The highest BCUT2D eigenvalue weighted by Crippen LogP contribution is 2.41. The molecule has 2 aliphatic rings. The maximum atomic E-state index is 12.7. The van der Waals surface area contributed by atoms with Gasteiger partial charge in [-0.3, -0.25) is 9.69 Å². The Balaban J connectivity index is 1.46. The number of aromatic nitrogens is 1. The lowest BCUT2D eigenvalue weighted by molar-refractivity contribution is -0.129. The molecule has 1 N–H and O–H groups in total. The van der Waals surface area contributed by atoms with Gasteiger partial charge in [0.05, 0.1) is 5.41 Å². The fourth-order valence-corrected chi connectivity index (χ4v) is 3.93. The fourth-order valence-electron chi connectivity index (χ4n) is 3.93. The van der Waals surface area contributed by atoms with Gasteiger partial charge >= 0.3 is 0 Å². The molecule has 0 atom stereocenters. The summed E-state index contributed by atoms with van der Waals surface area (Å²) in [5.41, 5.74) is 3.40. The van der Waals surface area contributed by atoms with Crippen molar-refractivity contribution in [3.05, 3.63) is 53.9 Å². The van der Waals surface area contributed by atoms with E-state index in [0.29, 0.717) is 0 Å². The van der Waals surface area contributed by atoms with Gasteiger partial charge in [-0.25, -0.2) is 0 Å². The van der Waals surface area contributed by atoms with Crippen LogP contribution < -0.4 is 5.32 Å². The van der Waals surface area contributed by atoms with Crippen LogP contribution in [-0.2, 0) is 24.8 Å². The predicted molar refractivity (Wildman–Crippen MR) is 91.1 cm³/mol. The van der Waals surface area contributed by atoms with E-state index in [-0.39, 0.29) is 11.3 Å². The zero-order valence-corrected chi connectivity index (χ0v) is 13.6. The number of hydrogen-bond donors (Lipinski definition) is 1. The third-order valence-corrected chi connectivity index (χ3v) is 5.53. The maximum Gasteiger partial charge on any atom is 0.231 e. The lowest BCUT2D eigenvalue weighted by atomic mass is 9.71. The second kappa shape index (κ2) is 5.53. The van der Waals surface area contributed by atoms with Crippen LogP contribution in [0.4, 0.5) is 5.69 Å². The summed E-state index contributed by atoms with van der Waals surface area (Å²) in [4.78, 5) is 15.1. The molecule has 0 unspecified atom stereocenters. The molecule has 4 nitrogen and oxygen atoms in total. The molecule has 3 heterocycles. The number of likely N-dealkylation sites (tertiary alicyclic amines) is 1. The minimum atomic E-state index is -0.209. The van der Waals surface area contributed by atoms with Crippen LogP contribution in [0.1, 0.15) is 24.1 Å². The molecule has 2 aromatic rings. The molecule has 0 radical (unpaired) electrons. The van der Waals surface area contributed by atoms with Crippen molar-refractivity contribution < 1.29 is 4.79 Å². The van der Waals surface area contributed by atoms with Crippen molar-refractivity contribution in [2.45, 2.75) is 25.8 Å². The van der Waals surface area contributed by atoms with Crippen LogP contribution in [0, 0.1) is 5.41 Å². The van der Waals surface area contributed by atoms with Crippen molar-refractivity contribution in [2.75, 3.05) is 18.4 Å². The number of carbonyl (C=O) groups excluding carboxylic acids is 1. The van der Waals surface area contributed by atoms with Gasteiger partial charge in [-0.05, 0) is 56.1 Å². The lowest BCUT2D eigenvalue weighted by Gasteiger charge is -2.43. The summed E-state index contributed by atoms with van der Waals surface area (Å²) in [6, 6.07) is 12.5. The molecule has 1 aromatic carbocycles. The van der Waals surface area contributed by atoms with E-state index in [4.69, 9.17) is 0 Å². The molecular weight excluding hydrogens is 286 g/mol. The van der Waals surface area contributed by atoms with Crippen LogP contribution in [0.3, 0.4) is 0 Å². The number of amides is 1. The van der Waals surface area contributed by atoms with E-state index < -0.39 is 0 Å². The van der Waals surface area contributed by atoms with E-state index in [1.165, 1.54) is 11.3 Å². The quantitative estimate of drug-likeness (QED) is 0.926. The highest BCUT2D eigenvalue weighted by molar-refractivity contribution is 5.98. The van der Waals surface area contributed by atoms with Crippen molar-refractivity contribution in [2.24, 2.45) is 12.5 Å². The van der Waals surface area contributed by atoms with Gasteiger partial charge in [0, 0.05) is 31.2 Å². The van der Waals surface area contributed by atoms with Crippen LogP contribution in [-0.4, -0.2) is 28.5 Å². The average molecular weight is 309 g/mol. The summed E-state index contributed by atoms with van der Waals surface area (Å²) in [5.74, 6) is 0.217. The summed E-state index contributed by atoms with van der Waals surface area (Å²) >= 11 is 0. The number of rotatable bonds is 2. The summed E-state index contributed by atoms with van der Waals surface area (Å²) in [7, 11) is 2.09. The number of nitrogens with one attached hydrogen (secondary N) is 1. The molecule has 4 rings (SSSR count). The van der Waals surface area contributed by atoms with Gasteiger partial charge in [-0.15, -0.1) is 0 Å². The van der Waals surface area contributed by atoms with Gasteiger partial charge in [0.15, 0.2) is 0 Å². The number of hydrogen-bond acceptors (Lipinski definition) is 2. The highest BCUT2D eigenvalue weighted by Gasteiger charge is 2.44. The zero-order chi connectivity index (χ0) is 15.9. The molecule has 4 heteroatoms. The van der Waals surface area contributed by atoms with Crippen molar-refractivity contribution in [3.8, 4) is 0 Å². The largest absolute Gasteiger partial charge is 0.353 e. The number of aryl methyl sites for hydroxylation is 1. The van der Waals surface area contributed by atoms with Crippen LogP contribution in [0.15, 0.2) is 42.6 Å². The molecule has 1 spiro atoms. The number of anilines is 1. The number of carbonyl (C=O) groups is 1. The third kappa shape index (κ3) is 2.57. The Morgan fingerprint density at radius 1 is 1.13 bits per heavy atom. The third-order valence-electron chi connectivity index (χ3n) is 5.53. The van der Waals surface area contributed by atoms with Gasteiger partial charge in [-0.2, -0.15) is 0 Å². The van der Waals surface area contributed by atoms with E-state index in [0.717, 1.165) is 44.6 Å². The molecule has 1 aromatic heterocycles. The fraction of sp³-hybridized carbons (Fsp3) is 0.421. The topological polar surface area (TPSA) is 37.3 Å². The Bertz CT molecular complexity index is 726. The molecule has 1 fully saturated rings. The Hall–Kier alpha value is -2.07. The number of benzene rings is 1. The second-order valence-electron chi connectivity index (χ2n) is 6.95. The van der Waals surface area contributed by atoms with E-state index in [2.05, 4.69) is 52.3 Å². The standard InChI is InChI=1S/C19H23N3O/c1-21-10-4-6-16(21)14-22-11-8-19(9-12-22)13-15-5-2-3-7-17(15)20-18(19)23/h2-7,10H,8-9,11-14H2,1H3,(H,20,23). The molecular formula is C19H23N3O. The minimum absolute atomic E-state index is 0.209. The van der Waals surface area contributed by atoms with Crippen molar-refractivity contribution in [3.63, 3.8) is 0 Å². The summed E-state index contributed by atoms with van der Waals surface area (Å²) < 4.78 is 2.17. The van der Waals surface area contributed by atoms with Gasteiger partial charge in [0.1, 0.15) is 0 Å². The normalized spacial score (nSPS) is 20.3. The zero-order valence-electron chi connectivity index (χ0n) is 13.6.